The fourth-order valence-corrected chi connectivity index (χ4v) is 4.35. The van der Waals surface area contributed by atoms with Gasteiger partial charge >= 0.3 is 5.97 Å². The van der Waals surface area contributed by atoms with Crippen molar-refractivity contribution in [3.8, 4) is 17.2 Å². The van der Waals surface area contributed by atoms with Crippen LogP contribution >= 0.6 is 0 Å². The Morgan fingerprint density at radius 3 is 2.46 bits per heavy atom. The smallest absolute Gasteiger partial charge is 0.308 e. The minimum absolute atomic E-state index is 0.201. The number of likely N-dealkylation sites (tertiary alicyclic amines) is 1. The monoisotopic (exact) mass is 365 g/mol. The van der Waals surface area contributed by atoms with Crippen LogP contribution < -0.4 is 14.2 Å². The summed E-state index contributed by atoms with van der Waals surface area (Å²) in [4.78, 5) is 14.1. The van der Waals surface area contributed by atoms with E-state index in [1.807, 2.05) is 12.1 Å². The summed E-state index contributed by atoms with van der Waals surface area (Å²) in [5.41, 5.74) is 0.756. The average molecular weight is 365 g/mol. The normalized spacial score (nSPS) is 22.3. The molecule has 1 aromatic carbocycles. The third-order valence-corrected chi connectivity index (χ3v) is 5.68. The lowest BCUT2D eigenvalue weighted by Gasteiger charge is -2.36. The second-order valence-electron chi connectivity index (χ2n) is 7.03. The Labute approximate surface area is 153 Å². The minimum atomic E-state index is -0.714. The molecule has 144 valence electrons. The summed E-state index contributed by atoms with van der Waals surface area (Å²) < 4.78 is 21.8. The number of carbonyl (C=O) groups is 1. The summed E-state index contributed by atoms with van der Waals surface area (Å²) in [6, 6.07) is 3.80. The van der Waals surface area contributed by atoms with Crippen LogP contribution in [0.2, 0.25) is 0 Å². The van der Waals surface area contributed by atoms with Crippen LogP contribution in [0.5, 0.6) is 17.2 Å². The molecule has 2 fully saturated rings. The Hall–Kier alpha value is -1.99. The zero-order valence-corrected chi connectivity index (χ0v) is 15.6. The number of carboxylic acid groups (broad SMARTS) is 1. The standard InChI is InChI=1S/C19H27NO6/c1-23-15-5-4-13(16(24-2)17(15)25-3)10-20-11-14(18(21)22)19(12-20)6-8-26-9-7-19/h4-5,14H,6-12H2,1-3H3,(H,21,22). The van der Waals surface area contributed by atoms with Gasteiger partial charge in [0.15, 0.2) is 11.5 Å². The van der Waals surface area contributed by atoms with Crippen molar-refractivity contribution in [2.45, 2.75) is 19.4 Å². The van der Waals surface area contributed by atoms with E-state index in [1.165, 1.54) is 0 Å². The molecule has 0 saturated carbocycles. The molecule has 0 aromatic heterocycles. The predicted molar refractivity (Wildman–Crippen MR) is 95.0 cm³/mol. The van der Waals surface area contributed by atoms with E-state index in [0.29, 0.717) is 43.6 Å². The molecule has 1 unspecified atom stereocenters. The molecule has 7 heteroatoms. The van der Waals surface area contributed by atoms with Crippen LogP contribution in [0.1, 0.15) is 18.4 Å². The van der Waals surface area contributed by atoms with Gasteiger partial charge in [-0.15, -0.1) is 0 Å². The van der Waals surface area contributed by atoms with Gasteiger partial charge in [-0.1, -0.05) is 6.07 Å². The zero-order valence-electron chi connectivity index (χ0n) is 15.6. The molecule has 1 atom stereocenters. The number of rotatable bonds is 6. The van der Waals surface area contributed by atoms with Gasteiger partial charge in [-0.25, -0.2) is 0 Å². The van der Waals surface area contributed by atoms with Crippen molar-refractivity contribution in [1.82, 2.24) is 4.90 Å². The molecule has 0 amide bonds. The largest absolute Gasteiger partial charge is 0.493 e. The lowest BCUT2D eigenvalue weighted by Crippen LogP contribution is -2.40. The van der Waals surface area contributed by atoms with E-state index in [2.05, 4.69) is 4.90 Å². The molecule has 2 aliphatic rings. The molecule has 3 rings (SSSR count). The fraction of sp³-hybridized carbons (Fsp3) is 0.632. The number of hydrogen-bond donors (Lipinski definition) is 1. The van der Waals surface area contributed by atoms with Crippen molar-refractivity contribution in [1.29, 1.82) is 0 Å². The molecule has 0 aliphatic carbocycles. The topological polar surface area (TPSA) is 77.5 Å². The first-order valence-corrected chi connectivity index (χ1v) is 8.85. The van der Waals surface area contributed by atoms with Gasteiger partial charge in [-0.3, -0.25) is 9.69 Å². The number of methoxy groups -OCH3 is 3. The Kier molecular flexibility index (Phi) is 5.58. The number of nitrogens with zero attached hydrogens (tertiary/aromatic N) is 1. The highest BCUT2D eigenvalue weighted by atomic mass is 16.5. The molecule has 26 heavy (non-hydrogen) atoms. The highest BCUT2D eigenvalue weighted by Gasteiger charge is 2.50. The van der Waals surface area contributed by atoms with Gasteiger partial charge in [0, 0.05) is 43.8 Å². The quantitative estimate of drug-likeness (QED) is 0.826. The van der Waals surface area contributed by atoms with Crippen LogP contribution in [-0.4, -0.2) is 63.6 Å². The molecular formula is C19H27NO6. The van der Waals surface area contributed by atoms with Gasteiger partial charge in [0.2, 0.25) is 5.75 Å². The molecule has 0 radical (unpaired) electrons. The molecule has 1 spiro atoms. The Morgan fingerprint density at radius 1 is 1.19 bits per heavy atom. The van der Waals surface area contributed by atoms with Gasteiger partial charge in [0.05, 0.1) is 27.2 Å². The van der Waals surface area contributed by atoms with Gasteiger partial charge < -0.3 is 24.1 Å². The average Bonchev–Trinajstić information content (AvgIpc) is 2.99. The van der Waals surface area contributed by atoms with Crippen LogP contribution in [0.15, 0.2) is 12.1 Å². The maximum absolute atomic E-state index is 11.9. The summed E-state index contributed by atoms with van der Waals surface area (Å²) in [6.07, 6.45) is 1.59. The minimum Gasteiger partial charge on any atom is -0.493 e. The third-order valence-electron chi connectivity index (χ3n) is 5.68. The van der Waals surface area contributed by atoms with Crippen molar-refractivity contribution >= 4 is 5.97 Å². The van der Waals surface area contributed by atoms with E-state index in [4.69, 9.17) is 18.9 Å². The highest BCUT2D eigenvalue weighted by molar-refractivity contribution is 5.72. The number of aliphatic carboxylic acids is 1. The fourth-order valence-electron chi connectivity index (χ4n) is 4.35. The molecule has 1 N–H and O–H groups in total. The van der Waals surface area contributed by atoms with Crippen LogP contribution in [0, 0.1) is 11.3 Å². The predicted octanol–water partition coefficient (Wildman–Crippen LogP) is 2.03. The maximum atomic E-state index is 11.9. The first kappa shape index (κ1) is 18.8. The van der Waals surface area contributed by atoms with Crippen LogP contribution in [0.3, 0.4) is 0 Å². The molecule has 2 heterocycles. The van der Waals surface area contributed by atoms with Gasteiger partial charge in [-0.2, -0.15) is 0 Å². The Balaban J connectivity index is 1.84. The van der Waals surface area contributed by atoms with Gasteiger partial charge in [0.1, 0.15) is 0 Å². The SMILES string of the molecule is COc1ccc(CN2CC(C(=O)O)C3(CCOCC3)C2)c(OC)c1OC. The van der Waals surface area contributed by atoms with Crippen molar-refractivity contribution in [3.63, 3.8) is 0 Å². The maximum Gasteiger partial charge on any atom is 0.308 e. The van der Waals surface area contributed by atoms with E-state index in [9.17, 15) is 9.90 Å². The first-order valence-electron chi connectivity index (χ1n) is 8.85. The Morgan fingerprint density at radius 2 is 1.88 bits per heavy atom. The molecule has 2 saturated heterocycles. The first-order chi connectivity index (χ1) is 12.5. The number of benzene rings is 1. The van der Waals surface area contributed by atoms with Crippen molar-refractivity contribution < 1.29 is 28.8 Å². The number of hydrogen-bond acceptors (Lipinski definition) is 6. The molecular weight excluding hydrogens is 338 g/mol. The van der Waals surface area contributed by atoms with E-state index in [0.717, 1.165) is 24.9 Å². The third kappa shape index (κ3) is 3.33. The number of carboxylic acids is 1. The highest BCUT2D eigenvalue weighted by Crippen LogP contribution is 2.46. The van der Waals surface area contributed by atoms with E-state index >= 15 is 0 Å². The zero-order chi connectivity index (χ0) is 18.7. The van der Waals surface area contributed by atoms with E-state index in [1.54, 1.807) is 21.3 Å². The molecule has 1 aromatic rings. The van der Waals surface area contributed by atoms with Crippen molar-refractivity contribution in [3.05, 3.63) is 17.7 Å². The summed E-state index contributed by atoms with van der Waals surface area (Å²) in [7, 11) is 4.77. The summed E-state index contributed by atoms with van der Waals surface area (Å²) in [5, 5.41) is 9.74. The van der Waals surface area contributed by atoms with Crippen molar-refractivity contribution in [2.75, 3.05) is 47.6 Å². The van der Waals surface area contributed by atoms with Crippen molar-refractivity contribution in [2.24, 2.45) is 11.3 Å². The lowest BCUT2D eigenvalue weighted by atomic mass is 9.72. The van der Waals surface area contributed by atoms with Crippen LogP contribution in [0.4, 0.5) is 0 Å². The molecule has 0 bridgehead atoms. The van der Waals surface area contributed by atoms with Gasteiger partial charge in [0.25, 0.3) is 0 Å². The number of ether oxygens (including phenoxy) is 4. The lowest BCUT2D eigenvalue weighted by molar-refractivity contribution is -0.147. The second-order valence-corrected chi connectivity index (χ2v) is 7.03. The van der Waals surface area contributed by atoms with Crippen LogP contribution in [0.25, 0.3) is 0 Å². The van der Waals surface area contributed by atoms with E-state index < -0.39 is 5.97 Å². The van der Waals surface area contributed by atoms with Gasteiger partial charge in [-0.05, 0) is 18.9 Å². The van der Waals surface area contributed by atoms with E-state index in [-0.39, 0.29) is 11.3 Å². The van der Waals surface area contributed by atoms with Crippen LogP contribution in [-0.2, 0) is 16.1 Å². The Bertz CT molecular complexity index is 656. The molecule has 7 nitrogen and oxygen atoms in total. The summed E-state index contributed by atoms with van der Waals surface area (Å²) in [5.74, 6) is 0.721. The summed E-state index contributed by atoms with van der Waals surface area (Å²) in [6.45, 7) is 3.17. The summed E-state index contributed by atoms with van der Waals surface area (Å²) >= 11 is 0. The second kappa shape index (κ2) is 7.72. The molecule has 2 aliphatic heterocycles.